The lowest BCUT2D eigenvalue weighted by Crippen LogP contribution is -2.04. The number of nitrogens with zero attached hydrogens (tertiary/aromatic N) is 2. The van der Waals surface area contributed by atoms with Crippen molar-refractivity contribution in [3.05, 3.63) is 106 Å². The van der Waals surface area contributed by atoms with Crippen LogP contribution in [0.25, 0.3) is 28.6 Å². The van der Waals surface area contributed by atoms with Crippen molar-refractivity contribution in [1.82, 2.24) is 9.78 Å². The fourth-order valence-electron chi connectivity index (χ4n) is 3.72. The largest absolute Gasteiger partial charge is 0.258 e. The molecular weight excluding hydrogens is 400 g/mol. The van der Waals surface area contributed by atoms with Crippen molar-refractivity contribution < 1.29 is 0 Å². The Bertz CT molecular complexity index is 1260. The number of halogens is 1. The van der Waals surface area contributed by atoms with Crippen molar-refractivity contribution in [3.63, 3.8) is 0 Å². The lowest BCUT2D eigenvalue weighted by atomic mass is 10.0. The first-order chi connectivity index (χ1) is 14.9. The second-order valence-corrected chi connectivity index (χ2v) is 8.59. The van der Waals surface area contributed by atoms with Gasteiger partial charge in [-0.05, 0) is 73.2 Å². The Morgan fingerprint density at radius 1 is 0.806 bits per heavy atom. The van der Waals surface area contributed by atoms with Crippen LogP contribution < -0.4 is 0 Å². The summed E-state index contributed by atoms with van der Waals surface area (Å²) in [5.74, 6) is 0. The molecule has 0 bridgehead atoms. The standard InChI is InChI=1S/C28H27ClN2/c1-6-22-9-11-23(12-10-22)17-31-28(25-14-8-19(3)21(5)16-25)26(29)27(30-31)24-13-7-18(2)20(4)15-24/h6-16H,1,17H2,2-5H3. The number of aromatic nitrogens is 2. The quantitative estimate of drug-likeness (QED) is 0.318. The maximum absolute atomic E-state index is 7.00. The summed E-state index contributed by atoms with van der Waals surface area (Å²) in [4.78, 5) is 0. The van der Waals surface area contributed by atoms with Crippen LogP contribution in [0.2, 0.25) is 5.02 Å². The van der Waals surface area contributed by atoms with Crippen LogP contribution in [0.5, 0.6) is 0 Å². The van der Waals surface area contributed by atoms with Gasteiger partial charge in [0.15, 0.2) is 0 Å². The van der Waals surface area contributed by atoms with Gasteiger partial charge in [0.25, 0.3) is 0 Å². The van der Waals surface area contributed by atoms with Gasteiger partial charge in [-0.2, -0.15) is 5.10 Å². The molecule has 156 valence electrons. The van der Waals surface area contributed by atoms with Gasteiger partial charge in [0.2, 0.25) is 0 Å². The molecule has 0 saturated carbocycles. The van der Waals surface area contributed by atoms with Crippen molar-refractivity contribution in [2.45, 2.75) is 34.2 Å². The van der Waals surface area contributed by atoms with Crippen LogP contribution in [-0.4, -0.2) is 9.78 Å². The van der Waals surface area contributed by atoms with E-state index in [1.54, 1.807) is 0 Å². The zero-order valence-corrected chi connectivity index (χ0v) is 19.3. The molecule has 0 aliphatic rings. The second kappa shape index (κ2) is 8.56. The van der Waals surface area contributed by atoms with Crippen molar-refractivity contribution >= 4 is 17.7 Å². The van der Waals surface area contributed by atoms with Gasteiger partial charge in [0.1, 0.15) is 5.69 Å². The Hall–Kier alpha value is -3.10. The molecule has 2 nitrogen and oxygen atoms in total. The van der Waals surface area contributed by atoms with Crippen LogP contribution in [0.4, 0.5) is 0 Å². The summed E-state index contributed by atoms with van der Waals surface area (Å²) in [5.41, 5.74) is 11.2. The van der Waals surface area contributed by atoms with Crippen LogP contribution >= 0.6 is 11.6 Å². The number of hydrogen-bond acceptors (Lipinski definition) is 1. The smallest absolute Gasteiger partial charge is 0.112 e. The van der Waals surface area contributed by atoms with E-state index >= 15 is 0 Å². The molecule has 4 rings (SSSR count). The maximum atomic E-state index is 7.00. The molecule has 0 aliphatic carbocycles. The Morgan fingerprint density at radius 3 is 1.97 bits per heavy atom. The van der Waals surface area contributed by atoms with Crippen molar-refractivity contribution in [2.75, 3.05) is 0 Å². The van der Waals surface area contributed by atoms with Gasteiger partial charge < -0.3 is 0 Å². The Balaban J connectivity index is 1.87. The summed E-state index contributed by atoms with van der Waals surface area (Å²) in [7, 11) is 0. The Labute approximate surface area is 189 Å². The molecule has 0 fully saturated rings. The molecule has 1 aromatic heterocycles. The third kappa shape index (κ3) is 4.22. The minimum atomic E-state index is 0.643. The summed E-state index contributed by atoms with van der Waals surface area (Å²) in [6.45, 7) is 13.0. The fraction of sp³-hybridized carbons (Fsp3) is 0.179. The van der Waals surface area contributed by atoms with Gasteiger partial charge in [-0.25, -0.2) is 0 Å². The summed E-state index contributed by atoms with van der Waals surface area (Å²) in [6.07, 6.45) is 1.85. The molecule has 3 aromatic carbocycles. The molecule has 0 saturated heterocycles. The topological polar surface area (TPSA) is 17.8 Å². The van der Waals surface area contributed by atoms with Crippen LogP contribution in [0, 0.1) is 27.7 Å². The average Bonchev–Trinajstić information content (AvgIpc) is 3.08. The highest BCUT2D eigenvalue weighted by Crippen LogP contribution is 2.38. The summed E-state index contributed by atoms with van der Waals surface area (Å²) in [6, 6.07) is 21.3. The molecule has 31 heavy (non-hydrogen) atoms. The monoisotopic (exact) mass is 426 g/mol. The number of aryl methyl sites for hydroxylation is 4. The van der Waals surface area contributed by atoms with E-state index in [1.807, 2.05) is 10.8 Å². The molecule has 0 aliphatic heterocycles. The van der Waals surface area contributed by atoms with E-state index in [0.717, 1.165) is 28.1 Å². The Morgan fingerprint density at radius 2 is 1.39 bits per heavy atom. The number of hydrogen-bond donors (Lipinski definition) is 0. The van der Waals surface area contributed by atoms with Gasteiger partial charge in [-0.1, -0.05) is 72.8 Å². The molecule has 0 amide bonds. The molecule has 0 atom stereocenters. The zero-order chi connectivity index (χ0) is 22.1. The van der Waals surface area contributed by atoms with Crippen LogP contribution in [0.1, 0.15) is 33.4 Å². The molecule has 1 heterocycles. The first-order valence-electron chi connectivity index (χ1n) is 10.5. The number of benzene rings is 3. The normalized spacial score (nSPS) is 11.0. The van der Waals surface area contributed by atoms with Crippen LogP contribution in [0.15, 0.2) is 67.2 Å². The van der Waals surface area contributed by atoms with Gasteiger partial charge in [0, 0.05) is 11.1 Å². The van der Waals surface area contributed by atoms with E-state index in [1.165, 1.54) is 27.8 Å². The summed E-state index contributed by atoms with van der Waals surface area (Å²) < 4.78 is 2.03. The van der Waals surface area contributed by atoms with E-state index in [2.05, 4.69) is 94.9 Å². The minimum Gasteiger partial charge on any atom is -0.258 e. The fourth-order valence-corrected chi connectivity index (χ4v) is 4.08. The summed E-state index contributed by atoms with van der Waals surface area (Å²) in [5, 5.41) is 5.67. The molecule has 0 radical (unpaired) electrons. The third-order valence-electron chi connectivity index (χ3n) is 6.00. The summed E-state index contributed by atoms with van der Waals surface area (Å²) >= 11 is 7.00. The van der Waals surface area contributed by atoms with E-state index in [-0.39, 0.29) is 0 Å². The highest BCUT2D eigenvalue weighted by atomic mass is 35.5. The highest BCUT2D eigenvalue weighted by molar-refractivity contribution is 6.35. The molecule has 3 heteroatoms. The molecule has 0 unspecified atom stereocenters. The number of rotatable bonds is 5. The van der Waals surface area contributed by atoms with Crippen molar-refractivity contribution in [3.8, 4) is 22.5 Å². The van der Waals surface area contributed by atoms with Crippen LogP contribution in [-0.2, 0) is 6.54 Å². The van der Waals surface area contributed by atoms with E-state index in [4.69, 9.17) is 16.7 Å². The predicted octanol–water partition coefficient (Wildman–Crippen LogP) is 7.80. The lowest BCUT2D eigenvalue weighted by molar-refractivity contribution is 0.697. The van der Waals surface area contributed by atoms with E-state index < -0.39 is 0 Å². The first kappa shape index (κ1) is 21.1. The lowest BCUT2D eigenvalue weighted by Gasteiger charge is -2.10. The highest BCUT2D eigenvalue weighted by Gasteiger charge is 2.20. The molecule has 4 aromatic rings. The predicted molar refractivity (Wildman–Crippen MR) is 133 cm³/mol. The maximum Gasteiger partial charge on any atom is 0.112 e. The second-order valence-electron chi connectivity index (χ2n) is 8.21. The zero-order valence-electron chi connectivity index (χ0n) is 18.5. The van der Waals surface area contributed by atoms with Gasteiger partial charge in [-0.15, -0.1) is 0 Å². The SMILES string of the molecule is C=Cc1ccc(Cn2nc(-c3ccc(C)c(C)c3)c(Cl)c2-c2ccc(C)c(C)c2)cc1. The van der Waals surface area contributed by atoms with Crippen molar-refractivity contribution in [2.24, 2.45) is 0 Å². The van der Waals surface area contributed by atoms with Gasteiger partial charge in [0.05, 0.1) is 17.3 Å². The minimum absolute atomic E-state index is 0.643. The first-order valence-corrected chi connectivity index (χ1v) is 10.9. The Kier molecular flexibility index (Phi) is 5.84. The van der Waals surface area contributed by atoms with Crippen molar-refractivity contribution in [1.29, 1.82) is 0 Å². The average molecular weight is 427 g/mol. The third-order valence-corrected chi connectivity index (χ3v) is 6.36. The van der Waals surface area contributed by atoms with E-state index in [0.29, 0.717) is 11.6 Å². The van der Waals surface area contributed by atoms with E-state index in [9.17, 15) is 0 Å². The van der Waals surface area contributed by atoms with Gasteiger partial charge >= 0.3 is 0 Å². The van der Waals surface area contributed by atoms with Gasteiger partial charge in [-0.3, -0.25) is 4.68 Å². The molecule has 0 N–H and O–H groups in total. The van der Waals surface area contributed by atoms with Crippen LogP contribution in [0.3, 0.4) is 0 Å². The molecular formula is C28H27ClN2. The molecule has 0 spiro atoms.